The maximum Gasteiger partial charge on any atom is 0.335 e. The van der Waals surface area contributed by atoms with Crippen LogP contribution in [0.25, 0.3) is 0 Å². The SMILES string of the molecule is Cn1c(N2CCCN(CCCN3c4ccccc4CCc4ccc(C(=O)O)cc43)CC2)cc(=O)n(C)c1=O. The molecule has 0 amide bonds. The summed E-state index contributed by atoms with van der Waals surface area (Å²) in [5.41, 5.74) is 4.32. The molecule has 200 valence electrons. The van der Waals surface area contributed by atoms with Gasteiger partial charge in [-0.1, -0.05) is 24.3 Å². The molecule has 0 bridgehead atoms. The third-order valence-corrected chi connectivity index (χ3v) is 7.84. The van der Waals surface area contributed by atoms with Gasteiger partial charge >= 0.3 is 11.7 Å². The first-order valence-electron chi connectivity index (χ1n) is 13.3. The van der Waals surface area contributed by atoms with E-state index in [1.54, 1.807) is 23.7 Å². The minimum Gasteiger partial charge on any atom is -0.478 e. The van der Waals surface area contributed by atoms with E-state index in [0.717, 1.165) is 80.9 Å². The molecule has 0 radical (unpaired) electrons. The van der Waals surface area contributed by atoms with Crippen LogP contribution in [0.15, 0.2) is 58.1 Å². The van der Waals surface area contributed by atoms with Crippen LogP contribution in [0.5, 0.6) is 0 Å². The Morgan fingerprint density at radius 1 is 0.842 bits per heavy atom. The highest BCUT2D eigenvalue weighted by Gasteiger charge is 2.23. The van der Waals surface area contributed by atoms with Gasteiger partial charge in [0.05, 0.1) is 5.56 Å². The molecule has 1 fully saturated rings. The fourth-order valence-corrected chi connectivity index (χ4v) is 5.69. The molecule has 2 aromatic carbocycles. The van der Waals surface area contributed by atoms with Gasteiger partial charge < -0.3 is 19.8 Å². The molecule has 9 nitrogen and oxygen atoms in total. The number of aromatic nitrogens is 2. The molecule has 1 aromatic heterocycles. The van der Waals surface area contributed by atoms with E-state index in [0.29, 0.717) is 11.4 Å². The highest BCUT2D eigenvalue weighted by atomic mass is 16.4. The summed E-state index contributed by atoms with van der Waals surface area (Å²) < 4.78 is 2.68. The van der Waals surface area contributed by atoms with E-state index < -0.39 is 5.97 Å². The quantitative estimate of drug-likeness (QED) is 0.538. The Hall–Kier alpha value is -3.85. The van der Waals surface area contributed by atoms with Crippen molar-refractivity contribution in [3.8, 4) is 0 Å². The molecule has 3 aromatic rings. The molecule has 5 rings (SSSR count). The number of para-hydroxylation sites is 1. The fraction of sp³-hybridized carbons (Fsp3) is 0.414. The molecule has 3 heterocycles. The van der Waals surface area contributed by atoms with Gasteiger partial charge in [0.25, 0.3) is 5.56 Å². The third kappa shape index (κ3) is 5.11. The van der Waals surface area contributed by atoms with Crippen LogP contribution in [0, 0.1) is 0 Å². The van der Waals surface area contributed by atoms with E-state index in [2.05, 4.69) is 32.9 Å². The van der Waals surface area contributed by atoms with Crippen molar-refractivity contribution in [2.75, 3.05) is 49.1 Å². The summed E-state index contributed by atoms with van der Waals surface area (Å²) in [6.07, 6.45) is 3.69. The Kier molecular flexibility index (Phi) is 7.37. The first kappa shape index (κ1) is 25.8. The summed E-state index contributed by atoms with van der Waals surface area (Å²) in [7, 11) is 3.22. The number of anilines is 3. The normalized spacial score (nSPS) is 15.9. The molecule has 38 heavy (non-hydrogen) atoms. The largest absolute Gasteiger partial charge is 0.478 e. The van der Waals surface area contributed by atoms with Gasteiger partial charge in [-0.05, 0) is 68.1 Å². The van der Waals surface area contributed by atoms with Gasteiger partial charge in [0.1, 0.15) is 5.82 Å². The van der Waals surface area contributed by atoms with Crippen molar-refractivity contribution >= 4 is 23.2 Å². The third-order valence-electron chi connectivity index (χ3n) is 7.84. The molecule has 0 atom stereocenters. The summed E-state index contributed by atoms with van der Waals surface area (Å²) in [5, 5.41) is 9.61. The predicted molar refractivity (Wildman–Crippen MR) is 149 cm³/mol. The highest BCUT2D eigenvalue weighted by molar-refractivity contribution is 5.90. The summed E-state index contributed by atoms with van der Waals surface area (Å²) in [6.45, 7) is 5.04. The summed E-state index contributed by atoms with van der Waals surface area (Å²) in [6, 6.07) is 15.5. The molecule has 0 unspecified atom stereocenters. The zero-order chi connectivity index (χ0) is 26.8. The molecule has 0 spiro atoms. The van der Waals surface area contributed by atoms with Crippen LogP contribution in [0.4, 0.5) is 17.2 Å². The van der Waals surface area contributed by atoms with E-state index in [4.69, 9.17) is 0 Å². The van der Waals surface area contributed by atoms with Crippen LogP contribution >= 0.6 is 0 Å². The Bertz CT molecular complexity index is 1460. The number of aryl methyl sites for hydroxylation is 2. The van der Waals surface area contributed by atoms with Crippen LogP contribution in [0.3, 0.4) is 0 Å². The van der Waals surface area contributed by atoms with Gasteiger partial charge in [0.2, 0.25) is 0 Å². The van der Waals surface area contributed by atoms with E-state index >= 15 is 0 Å². The number of aromatic carboxylic acids is 1. The van der Waals surface area contributed by atoms with Crippen molar-refractivity contribution in [1.82, 2.24) is 14.0 Å². The number of benzene rings is 2. The zero-order valence-electron chi connectivity index (χ0n) is 22.1. The Morgan fingerprint density at radius 2 is 1.61 bits per heavy atom. The van der Waals surface area contributed by atoms with Gasteiger partial charge in [-0.2, -0.15) is 0 Å². The van der Waals surface area contributed by atoms with E-state index in [1.165, 1.54) is 18.2 Å². The number of nitrogens with zero attached hydrogens (tertiary/aromatic N) is 5. The molecule has 0 aliphatic carbocycles. The number of hydrogen-bond acceptors (Lipinski definition) is 6. The van der Waals surface area contributed by atoms with Crippen LogP contribution < -0.4 is 21.0 Å². The van der Waals surface area contributed by atoms with Gasteiger partial charge in [-0.3, -0.25) is 13.9 Å². The molecule has 2 aliphatic heterocycles. The lowest BCUT2D eigenvalue weighted by atomic mass is 10.0. The lowest BCUT2D eigenvalue weighted by Gasteiger charge is -2.29. The lowest BCUT2D eigenvalue weighted by Crippen LogP contribution is -2.41. The lowest BCUT2D eigenvalue weighted by molar-refractivity contribution is 0.0697. The Balaban J connectivity index is 1.29. The summed E-state index contributed by atoms with van der Waals surface area (Å²) >= 11 is 0. The van der Waals surface area contributed by atoms with Crippen molar-refractivity contribution in [2.45, 2.75) is 25.7 Å². The second-order valence-corrected chi connectivity index (χ2v) is 10.2. The van der Waals surface area contributed by atoms with Crippen molar-refractivity contribution in [2.24, 2.45) is 14.1 Å². The van der Waals surface area contributed by atoms with Gasteiger partial charge in [-0.25, -0.2) is 9.59 Å². The standard InChI is InChI=1S/C29H35N5O4/c1-30-26(20-27(35)31(2)29(30)38)33-15-5-13-32(17-18-33)14-6-16-34-24-8-4-3-7-21(24)9-10-22-11-12-23(28(36)37)19-25(22)34/h3-4,7-8,11-12,19-20H,5-6,9-10,13-18H2,1-2H3,(H,36,37). The number of fused-ring (bicyclic) bond motifs is 2. The monoisotopic (exact) mass is 517 g/mol. The maximum absolute atomic E-state index is 12.4. The van der Waals surface area contributed by atoms with Crippen molar-refractivity contribution < 1.29 is 9.90 Å². The predicted octanol–water partition coefficient (Wildman–Crippen LogP) is 2.62. The van der Waals surface area contributed by atoms with E-state index in [9.17, 15) is 19.5 Å². The number of hydrogen-bond donors (Lipinski definition) is 1. The second kappa shape index (κ2) is 10.9. The zero-order valence-corrected chi connectivity index (χ0v) is 22.1. The Labute approximate surface area is 222 Å². The molecule has 0 saturated carbocycles. The summed E-state index contributed by atoms with van der Waals surface area (Å²) in [4.78, 5) is 43.2. The van der Waals surface area contributed by atoms with Gasteiger partial charge in [0, 0.05) is 57.7 Å². The number of rotatable bonds is 6. The fourth-order valence-electron chi connectivity index (χ4n) is 5.69. The maximum atomic E-state index is 12.4. The number of carbonyl (C=O) groups is 1. The number of carboxylic acid groups (broad SMARTS) is 1. The topological polar surface area (TPSA) is 91.0 Å². The van der Waals surface area contributed by atoms with Gasteiger partial charge in [-0.15, -0.1) is 0 Å². The molecule has 1 N–H and O–H groups in total. The van der Waals surface area contributed by atoms with Crippen LogP contribution in [-0.2, 0) is 26.9 Å². The average molecular weight is 518 g/mol. The minimum absolute atomic E-state index is 0.284. The van der Waals surface area contributed by atoms with Crippen molar-refractivity contribution in [3.05, 3.63) is 86.1 Å². The van der Waals surface area contributed by atoms with E-state index in [1.807, 2.05) is 18.2 Å². The Morgan fingerprint density at radius 3 is 2.39 bits per heavy atom. The minimum atomic E-state index is -0.909. The first-order chi connectivity index (χ1) is 18.3. The second-order valence-electron chi connectivity index (χ2n) is 10.2. The van der Waals surface area contributed by atoms with Crippen LogP contribution in [0.1, 0.15) is 34.3 Å². The van der Waals surface area contributed by atoms with Crippen molar-refractivity contribution in [1.29, 1.82) is 0 Å². The molecular weight excluding hydrogens is 482 g/mol. The first-order valence-corrected chi connectivity index (χ1v) is 13.3. The van der Waals surface area contributed by atoms with Gasteiger partial charge in [0.15, 0.2) is 0 Å². The molecule has 1 saturated heterocycles. The van der Waals surface area contributed by atoms with Crippen molar-refractivity contribution in [3.63, 3.8) is 0 Å². The van der Waals surface area contributed by atoms with Crippen LogP contribution in [0.2, 0.25) is 0 Å². The number of carboxylic acids is 1. The van der Waals surface area contributed by atoms with Crippen LogP contribution in [-0.4, -0.2) is 64.4 Å². The average Bonchev–Trinajstić information content (AvgIpc) is 3.24. The highest BCUT2D eigenvalue weighted by Crippen LogP contribution is 2.36. The smallest absolute Gasteiger partial charge is 0.335 e. The molecule has 9 heteroatoms. The van der Waals surface area contributed by atoms with E-state index in [-0.39, 0.29) is 11.2 Å². The summed E-state index contributed by atoms with van der Waals surface area (Å²) in [5.74, 6) is -0.236. The molecule has 2 aliphatic rings. The molecular formula is C29H35N5O4.